The topological polar surface area (TPSA) is 87.4 Å². The van der Waals surface area contributed by atoms with E-state index in [4.69, 9.17) is 9.47 Å². The first-order valence-electron chi connectivity index (χ1n) is 7.87. The molecule has 1 aliphatic carbocycles. The number of anilines is 1. The van der Waals surface area contributed by atoms with Gasteiger partial charge in [0.15, 0.2) is 0 Å². The number of aliphatic hydroxyl groups is 1. The zero-order chi connectivity index (χ0) is 15.1. The molecule has 0 radical (unpaired) electrons. The maximum atomic E-state index is 9.80. The Balaban J connectivity index is 1.59. The fourth-order valence-electron chi connectivity index (χ4n) is 3.61. The number of fused-ring (bicyclic) bond motifs is 2. The van der Waals surface area contributed by atoms with E-state index in [0.29, 0.717) is 24.6 Å². The molecule has 0 unspecified atom stereocenters. The summed E-state index contributed by atoms with van der Waals surface area (Å²) in [5.74, 6) is 0.613. The lowest BCUT2D eigenvalue weighted by molar-refractivity contribution is 0.0184. The maximum absolute atomic E-state index is 9.80. The first-order valence-corrected chi connectivity index (χ1v) is 7.87. The fourth-order valence-corrected chi connectivity index (χ4v) is 3.61. The van der Waals surface area contributed by atoms with Gasteiger partial charge < -0.3 is 19.9 Å². The molecule has 4 atom stereocenters. The number of nitrogens with one attached hydrogen (secondary N) is 1. The summed E-state index contributed by atoms with van der Waals surface area (Å²) in [6.07, 6.45) is 3.27. The van der Waals surface area contributed by atoms with Crippen LogP contribution in [0.25, 0.3) is 0 Å². The summed E-state index contributed by atoms with van der Waals surface area (Å²) in [5, 5.41) is 22.5. The van der Waals surface area contributed by atoms with Crippen LogP contribution in [0.15, 0.2) is 6.07 Å². The highest BCUT2D eigenvalue weighted by Gasteiger charge is 2.47. The normalized spacial score (nSPS) is 33.1. The molecule has 116 valence electrons. The van der Waals surface area contributed by atoms with Gasteiger partial charge in [-0.05, 0) is 37.3 Å². The molecular formula is C16H19N3O3. The summed E-state index contributed by atoms with van der Waals surface area (Å²) in [7, 11) is 0. The third-order valence-corrected chi connectivity index (χ3v) is 4.77. The van der Waals surface area contributed by atoms with E-state index in [-0.39, 0.29) is 18.2 Å². The average Bonchev–Trinajstić information content (AvgIpc) is 3.11. The zero-order valence-corrected chi connectivity index (χ0v) is 12.3. The van der Waals surface area contributed by atoms with Crippen LogP contribution in [-0.2, 0) is 22.3 Å². The van der Waals surface area contributed by atoms with Crippen molar-refractivity contribution in [2.45, 2.75) is 50.0 Å². The Morgan fingerprint density at radius 3 is 2.91 bits per heavy atom. The molecule has 2 fully saturated rings. The van der Waals surface area contributed by atoms with E-state index in [9.17, 15) is 10.4 Å². The van der Waals surface area contributed by atoms with Gasteiger partial charge in [0.25, 0.3) is 0 Å². The number of nitrogens with zero attached hydrogens (tertiary/aromatic N) is 2. The summed E-state index contributed by atoms with van der Waals surface area (Å²) in [6, 6.07) is 4.11. The third kappa shape index (κ3) is 2.26. The Labute approximate surface area is 129 Å². The minimum Gasteiger partial charge on any atom is -0.388 e. The molecule has 6 heteroatoms. The Morgan fingerprint density at radius 1 is 1.23 bits per heavy atom. The van der Waals surface area contributed by atoms with Crippen molar-refractivity contribution in [3.63, 3.8) is 0 Å². The van der Waals surface area contributed by atoms with Crippen molar-refractivity contribution < 1.29 is 14.6 Å². The smallest absolute Gasteiger partial charge is 0.144 e. The molecule has 0 bridgehead atoms. The average molecular weight is 301 g/mol. The van der Waals surface area contributed by atoms with Crippen LogP contribution in [0.5, 0.6) is 0 Å². The van der Waals surface area contributed by atoms with Crippen LogP contribution < -0.4 is 5.32 Å². The predicted octanol–water partition coefficient (Wildman–Crippen LogP) is 0.771. The number of hydrogen-bond acceptors (Lipinski definition) is 6. The van der Waals surface area contributed by atoms with E-state index < -0.39 is 6.10 Å². The highest BCUT2D eigenvalue weighted by atomic mass is 16.6. The maximum Gasteiger partial charge on any atom is 0.144 e. The summed E-state index contributed by atoms with van der Waals surface area (Å²) in [5.41, 5.74) is 2.86. The predicted molar refractivity (Wildman–Crippen MR) is 78.5 cm³/mol. The standard InChI is InChI=1S/C16H19N3O3/c17-6-10-5-9-3-1-2-4-11(9)18-16(10)19-12-7-21-15-13(20)8-22-14(12)15/h5,12-15,20H,1-4,7-8H2,(H,18,19)/t12-,13-,14-,15-/m1/s1. The van der Waals surface area contributed by atoms with Crippen LogP contribution in [0.2, 0.25) is 0 Å². The second kappa shape index (κ2) is 5.51. The number of pyridine rings is 1. The van der Waals surface area contributed by atoms with Gasteiger partial charge in [-0.25, -0.2) is 4.98 Å². The molecule has 3 heterocycles. The molecule has 0 aromatic carbocycles. The van der Waals surface area contributed by atoms with Crippen molar-refractivity contribution in [2.75, 3.05) is 18.5 Å². The number of aromatic nitrogens is 1. The van der Waals surface area contributed by atoms with Crippen LogP contribution in [0.3, 0.4) is 0 Å². The Morgan fingerprint density at radius 2 is 2.05 bits per heavy atom. The van der Waals surface area contributed by atoms with E-state index in [1.54, 1.807) is 0 Å². The second-order valence-electron chi connectivity index (χ2n) is 6.22. The van der Waals surface area contributed by atoms with Crippen molar-refractivity contribution in [2.24, 2.45) is 0 Å². The van der Waals surface area contributed by atoms with E-state index in [1.807, 2.05) is 6.07 Å². The Hall–Kier alpha value is -1.68. The molecule has 0 saturated carbocycles. The summed E-state index contributed by atoms with van der Waals surface area (Å²) < 4.78 is 11.2. The molecule has 1 aromatic heterocycles. The van der Waals surface area contributed by atoms with Gasteiger partial charge in [-0.15, -0.1) is 0 Å². The molecule has 2 saturated heterocycles. The quantitative estimate of drug-likeness (QED) is 0.839. The lowest BCUT2D eigenvalue weighted by Gasteiger charge is -2.21. The summed E-state index contributed by atoms with van der Waals surface area (Å²) in [6.45, 7) is 0.756. The van der Waals surface area contributed by atoms with Gasteiger partial charge in [-0.1, -0.05) is 0 Å². The molecule has 4 rings (SSSR count). The van der Waals surface area contributed by atoms with Gasteiger partial charge in [0.2, 0.25) is 0 Å². The van der Waals surface area contributed by atoms with Gasteiger partial charge >= 0.3 is 0 Å². The first kappa shape index (κ1) is 13.9. The second-order valence-corrected chi connectivity index (χ2v) is 6.22. The highest BCUT2D eigenvalue weighted by molar-refractivity contribution is 5.55. The van der Waals surface area contributed by atoms with E-state index in [0.717, 1.165) is 31.4 Å². The fraction of sp³-hybridized carbons (Fsp3) is 0.625. The number of aliphatic hydroxyl groups excluding tert-OH is 1. The highest BCUT2D eigenvalue weighted by Crippen LogP contribution is 2.30. The lowest BCUT2D eigenvalue weighted by Crippen LogP contribution is -2.36. The molecule has 22 heavy (non-hydrogen) atoms. The first-order chi connectivity index (χ1) is 10.8. The molecule has 6 nitrogen and oxygen atoms in total. The van der Waals surface area contributed by atoms with E-state index in [2.05, 4.69) is 16.4 Å². The number of ether oxygens (including phenoxy) is 2. The van der Waals surface area contributed by atoms with Crippen LogP contribution in [0.1, 0.15) is 29.7 Å². The lowest BCUT2D eigenvalue weighted by atomic mass is 9.95. The minimum absolute atomic E-state index is 0.0802. The van der Waals surface area contributed by atoms with Crippen LogP contribution in [0.4, 0.5) is 5.82 Å². The van der Waals surface area contributed by atoms with Gasteiger partial charge in [-0.2, -0.15) is 5.26 Å². The number of rotatable bonds is 2. The van der Waals surface area contributed by atoms with Gasteiger partial charge in [0, 0.05) is 5.69 Å². The number of hydrogen-bond donors (Lipinski definition) is 2. The molecule has 0 amide bonds. The van der Waals surface area contributed by atoms with E-state index in [1.165, 1.54) is 5.56 Å². The summed E-state index contributed by atoms with van der Waals surface area (Å²) in [4.78, 5) is 4.67. The van der Waals surface area contributed by atoms with Crippen molar-refractivity contribution in [3.8, 4) is 6.07 Å². The number of nitriles is 1. The van der Waals surface area contributed by atoms with Crippen LogP contribution >= 0.6 is 0 Å². The van der Waals surface area contributed by atoms with Crippen LogP contribution in [-0.4, -0.2) is 47.7 Å². The van der Waals surface area contributed by atoms with Gasteiger partial charge in [-0.3, -0.25) is 0 Å². The van der Waals surface area contributed by atoms with Crippen molar-refractivity contribution in [1.82, 2.24) is 4.98 Å². The number of aryl methyl sites for hydroxylation is 2. The SMILES string of the molecule is N#Cc1cc2c(nc1N[C@@H]1CO[C@H]3[C@@H]1OC[C@H]3O)CCCC2. The summed E-state index contributed by atoms with van der Waals surface area (Å²) >= 11 is 0. The van der Waals surface area contributed by atoms with Crippen molar-refractivity contribution in [3.05, 3.63) is 22.9 Å². The Bertz CT molecular complexity index is 628. The molecule has 3 aliphatic rings. The Kier molecular flexibility index (Phi) is 3.49. The van der Waals surface area contributed by atoms with Gasteiger partial charge in [0.1, 0.15) is 30.2 Å². The largest absolute Gasteiger partial charge is 0.388 e. The van der Waals surface area contributed by atoms with Crippen molar-refractivity contribution >= 4 is 5.82 Å². The third-order valence-electron chi connectivity index (χ3n) is 4.77. The monoisotopic (exact) mass is 301 g/mol. The molecule has 1 aromatic rings. The zero-order valence-electron chi connectivity index (χ0n) is 12.3. The molecular weight excluding hydrogens is 282 g/mol. The minimum atomic E-state index is -0.566. The van der Waals surface area contributed by atoms with Gasteiger partial charge in [0.05, 0.1) is 24.8 Å². The van der Waals surface area contributed by atoms with E-state index >= 15 is 0 Å². The molecule has 2 N–H and O–H groups in total. The van der Waals surface area contributed by atoms with Crippen molar-refractivity contribution in [1.29, 1.82) is 5.26 Å². The molecule has 2 aliphatic heterocycles. The molecule has 0 spiro atoms. The van der Waals surface area contributed by atoms with Crippen LogP contribution in [0, 0.1) is 11.3 Å².